The minimum atomic E-state index is -3.65. The second-order valence-electron chi connectivity index (χ2n) is 3.46. The summed E-state index contributed by atoms with van der Waals surface area (Å²) in [6, 6.07) is 1.25. The molecular formula is C8H22NO3P. The van der Waals surface area contributed by atoms with E-state index in [2.05, 4.69) is 33.0 Å². The van der Waals surface area contributed by atoms with Gasteiger partial charge in [0.1, 0.15) is 0 Å². The lowest BCUT2D eigenvalue weighted by molar-refractivity contribution is 0.375. The van der Waals surface area contributed by atoms with Crippen LogP contribution in [0.3, 0.4) is 0 Å². The SMILES string of the molecule is CC(C)NC(C)C.CCP(=O)(O)O. The standard InChI is InChI=1S/C6H15N.C2H7O3P/c1-5(2)7-6(3)4;1-2-6(3,4)5/h5-7H,1-4H3;2H2,1H3,(H2,3,4,5). The topological polar surface area (TPSA) is 69.6 Å². The van der Waals surface area contributed by atoms with Crippen LogP contribution in [0.4, 0.5) is 0 Å². The second kappa shape index (κ2) is 7.51. The molecule has 0 aliphatic heterocycles. The summed E-state index contributed by atoms with van der Waals surface area (Å²) in [5.41, 5.74) is 0. The Kier molecular flexibility index (Phi) is 9.00. The molecule has 0 aromatic carbocycles. The molecule has 0 heterocycles. The summed E-state index contributed by atoms with van der Waals surface area (Å²) in [7, 11) is -3.65. The molecule has 0 bridgehead atoms. The lowest BCUT2D eigenvalue weighted by atomic mass is 10.3. The van der Waals surface area contributed by atoms with Crippen LogP contribution in [-0.4, -0.2) is 28.0 Å². The highest BCUT2D eigenvalue weighted by Gasteiger charge is 2.05. The normalized spacial score (nSPS) is 11.5. The highest BCUT2D eigenvalue weighted by molar-refractivity contribution is 7.51. The van der Waals surface area contributed by atoms with E-state index < -0.39 is 7.60 Å². The van der Waals surface area contributed by atoms with Gasteiger partial charge in [-0.1, -0.05) is 34.6 Å². The van der Waals surface area contributed by atoms with E-state index in [9.17, 15) is 4.57 Å². The zero-order valence-electron chi connectivity index (χ0n) is 9.11. The summed E-state index contributed by atoms with van der Waals surface area (Å²) in [6.45, 7) is 10.1. The maximum absolute atomic E-state index is 9.69. The van der Waals surface area contributed by atoms with Gasteiger partial charge in [0.15, 0.2) is 0 Å². The minimum absolute atomic E-state index is 0.0625. The zero-order valence-corrected chi connectivity index (χ0v) is 10.0. The number of hydrogen-bond acceptors (Lipinski definition) is 2. The molecule has 0 fully saturated rings. The van der Waals surface area contributed by atoms with Gasteiger partial charge in [0.05, 0.1) is 0 Å². The molecule has 0 saturated carbocycles. The van der Waals surface area contributed by atoms with Gasteiger partial charge in [0.25, 0.3) is 0 Å². The van der Waals surface area contributed by atoms with Crippen LogP contribution < -0.4 is 5.32 Å². The molecule has 0 unspecified atom stereocenters. The molecule has 0 aromatic heterocycles. The highest BCUT2D eigenvalue weighted by Crippen LogP contribution is 2.32. The van der Waals surface area contributed by atoms with Gasteiger partial charge in [-0.15, -0.1) is 0 Å². The first-order valence-electron chi connectivity index (χ1n) is 4.49. The molecule has 0 amide bonds. The summed E-state index contributed by atoms with van der Waals surface area (Å²) in [5, 5.41) is 3.31. The van der Waals surface area contributed by atoms with Crippen molar-refractivity contribution in [1.29, 1.82) is 0 Å². The monoisotopic (exact) mass is 211 g/mol. The van der Waals surface area contributed by atoms with Crippen molar-refractivity contribution in [3.8, 4) is 0 Å². The Hall–Kier alpha value is 0.110. The molecule has 0 atom stereocenters. The predicted octanol–water partition coefficient (Wildman–Crippen LogP) is 1.58. The van der Waals surface area contributed by atoms with Gasteiger partial charge in [0.2, 0.25) is 0 Å². The smallest absolute Gasteiger partial charge is 0.324 e. The third-order valence-electron chi connectivity index (χ3n) is 1.08. The largest absolute Gasteiger partial charge is 0.325 e. The van der Waals surface area contributed by atoms with E-state index in [1.54, 1.807) is 0 Å². The van der Waals surface area contributed by atoms with Crippen LogP contribution in [0.15, 0.2) is 0 Å². The number of nitrogens with one attached hydrogen (secondary N) is 1. The first-order chi connectivity index (χ1) is 5.69. The van der Waals surface area contributed by atoms with E-state index in [-0.39, 0.29) is 6.16 Å². The van der Waals surface area contributed by atoms with Crippen molar-refractivity contribution in [1.82, 2.24) is 5.32 Å². The van der Waals surface area contributed by atoms with E-state index in [4.69, 9.17) is 9.79 Å². The zero-order chi connectivity index (χ0) is 11.1. The highest BCUT2D eigenvalue weighted by atomic mass is 31.2. The molecule has 0 saturated heterocycles. The average molecular weight is 211 g/mol. The van der Waals surface area contributed by atoms with Gasteiger partial charge < -0.3 is 15.1 Å². The minimum Gasteiger partial charge on any atom is -0.324 e. The number of hydrogen-bond donors (Lipinski definition) is 3. The molecule has 3 N–H and O–H groups in total. The van der Waals surface area contributed by atoms with Crippen molar-refractivity contribution < 1.29 is 14.4 Å². The van der Waals surface area contributed by atoms with Crippen molar-refractivity contribution in [3.05, 3.63) is 0 Å². The van der Waals surface area contributed by atoms with E-state index in [0.29, 0.717) is 12.1 Å². The van der Waals surface area contributed by atoms with Crippen molar-refractivity contribution in [2.45, 2.75) is 46.7 Å². The van der Waals surface area contributed by atoms with Crippen LogP contribution in [0.1, 0.15) is 34.6 Å². The Bertz CT molecular complexity index is 147. The van der Waals surface area contributed by atoms with Gasteiger partial charge in [0, 0.05) is 18.2 Å². The van der Waals surface area contributed by atoms with Crippen LogP contribution in [0, 0.1) is 0 Å². The van der Waals surface area contributed by atoms with Crippen molar-refractivity contribution >= 4 is 7.60 Å². The van der Waals surface area contributed by atoms with Gasteiger partial charge in [-0.3, -0.25) is 4.57 Å². The van der Waals surface area contributed by atoms with Crippen LogP contribution >= 0.6 is 7.60 Å². The fraction of sp³-hybridized carbons (Fsp3) is 1.00. The molecule has 0 rings (SSSR count). The summed E-state index contributed by atoms with van der Waals surface area (Å²) < 4.78 is 9.69. The Morgan fingerprint density at radius 3 is 1.38 bits per heavy atom. The summed E-state index contributed by atoms with van der Waals surface area (Å²) in [5.74, 6) is 0. The van der Waals surface area contributed by atoms with Gasteiger partial charge in [-0.05, 0) is 0 Å². The van der Waals surface area contributed by atoms with Crippen LogP contribution in [0.25, 0.3) is 0 Å². The fourth-order valence-corrected chi connectivity index (χ4v) is 0.667. The number of rotatable bonds is 3. The second-order valence-corrected chi connectivity index (χ2v) is 5.42. The molecule has 0 aliphatic rings. The molecule has 0 spiro atoms. The van der Waals surface area contributed by atoms with Crippen LogP contribution in [0.2, 0.25) is 0 Å². The van der Waals surface area contributed by atoms with E-state index in [0.717, 1.165) is 0 Å². The Labute approximate surface area is 80.9 Å². The first-order valence-corrected chi connectivity index (χ1v) is 6.29. The molecular weight excluding hydrogens is 189 g/mol. The summed E-state index contributed by atoms with van der Waals surface area (Å²) in [6.07, 6.45) is -0.0625. The van der Waals surface area contributed by atoms with E-state index in [1.807, 2.05) is 0 Å². The Morgan fingerprint density at radius 1 is 1.15 bits per heavy atom. The summed E-state index contributed by atoms with van der Waals surface area (Å²) in [4.78, 5) is 15.9. The molecule has 0 radical (unpaired) electrons. The van der Waals surface area contributed by atoms with E-state index in [1.165, 1.54) is 6.92 Å². The van der Waals surface area contributed by atoms with E-state index >= 15 is 0 Å². The fourth-order valence-electron chi connectivity index (χ4n) is 0.667. The molecule has 4 nitrogen and oxygen atoms in total. The van der Waals surface area contributed by atoms with Crippen LogP contribution in [-0.2, 0) is 4.57 Å². The maximum Gasteiger partial charge on any atom is 0.325 e. The molecule has 5 heteroatoms. The third kappa shape index (κ3) is 24.5. The molecule has 0 aliphatic carbocycles. The van der Waals surface area contributed by atoms with Crippen molar-refractivity contribution in [2.24, 2.45) is 0 Å². The lowest BCUT2D eigenvalue weighted by Crippen LogP contribution is -2.29. The average Bonchev–Trinajstić information content (AvgIpc) is 1.84. The quantitative estimate of drug-likeness (QED) is 0.620. The molecule has 0 aromatic rings. The third-order valence-corrected chi connectivity index (χ3v) is 1.90. The molecule has 13 heavy (non-hydrogen) atoms. The maximum atomic E-state index is 9.69. The van der Waals surface area contributed by atoms with Crippen molar-refractivity contribution in [3.63, 3.8) is 0 Å². The van der Waals surface area contributed by atoms with Crippen LogP contribution in [0.5, 0.6) is 0 Å². The predicted molar refractivity (Wildman–Crippen MR) is 56.0 cm³/mol. The first kappa shape index (κ1) is 15.6. The van der Waals surface area contributed by atoms with Crippen molar-refractivity contribution in [2.75, 3.05) is 6.16 Å². The Balaban J connectivity index is 0. The van der Waals surface area contributed by atoms with Gasteiger partial charge in [-0.25, -0.2) is 0 Å². The summed E-state index contributed by atoms with van der Waals surface area (Å²) >= 11 is 0. The van der Waals surface area contributed by atoms with Gasteiger partial charge in [-0.2, -0.15) is 0 Å². The van der Waals surface area contributed by atoms with Gasteiger partial charge >= 0.3 is 7.60 Å². The lowest BCUT2D eigenvalue weighted by Gasteiger charge is -2.10. The Morgan fingerprint density at radius 2 is 1.38 bits per heavy atom. The molecule has 82 valence electrons.